The molecule has 1 saturated carbocycles. The van der Waals surface area contributed by atoms with Gasteiger partial charge in [0.05, 0.1) is 5.92 Å². The van der Waals surface area contributed by atoms with Gasteiger partial charge >= 0.3 is 5.97 Å². The van der Waals surface area contributed by atoms with Crippen LogP contribution in [0.4, 0.5) is 0 Å². The van der Waals surface area contributed by atoms with E-state index in [-0.39, 0.29) is 11.9 Å². The first-order valence-corrected chi connectivity index (χ1v) is 5.80. The number of likely N-dealkylation sites (tertiary alicyclic amines) is 1. The van der Waals surface area contributed by atoms with E-state index in [0.29, 0.717) is 25.6 Å². The standard InChI is InChI=1S/C11H18N2O3/c1-7(14)13-5-8(11(15)16)4-10(6-13)12-9-2-3-9/h8-10,12H,2-6H2,1H3,(H,15,16). The third-order valence-corrected chi connectivity index (χ3v) is 3.29. The van der Waals surface area contributed by atoms with Crippen LogP contribution in [0.3, 0.4) is 0 Å². The molecule has 0 aromatic carbocycles. The van der Waals surface area contributed by atoms with Crippen molar-refractivity contribution in [1.29, 1.82) is 0 Å². The van der Waals surface area contributed by atoms with Gasteiger partial charge < -0.3 is 15.3 Å². The highest BCUT2D eigenvalue weighted by Gasteiger charge is 2.35. The minimum atomic E-state index is -0.798. The number of hydrogen-bond acceptors (Lipinski definition) is 3. The van der Waals surface area contributed by atoms with Crippen LogP contribution in [0.2, 0.25) is 0 Å². The lowest BCUT2D eigenvalue weighted by atomic mass is 9.94. The van der Waals surface area contributed by atoms with Crippen molar-refractivity contribution in [2.45, 2.75) is 38.3 Å². The second-order valence-corrected chi connectivity index (χ2v) is 4.83. The molecule has 2 fully saturated rings. The normalized spacial score (nSPS) is 30.2. The highest BCUT2D eigenvalue weighted by molar-refractivity contribution is 5.76. The van der Waals surface area contributed by atoms with Crippen LogP contribution in [-0.2, 0) is 9.59 Å². The number of nitrogens with one attached hydrogen (secondary N) is 1. The average Bonchev–Trinajstić information content (AvgIpc) is 3.01. The first-order chi connectivity index (χ1) is 7.56. The fraction of sp³-hybridized carbons (Fsp3) is 0.818. The molecule has 2 rings (SSSR count). The molecule has 1 aliphatic heterocycles. The highest BCUT2D eigenvalue weighted by atomic mass is 16.4. The van der Waals surface area contributed by atoms with Gasteiger partial charge in [0.15, 0.2) is 0 Å². The van der Waals surface area contributed by atoms with Gasteiger partial charge in [-0.15, -0.1) is 0 Å². The number of piperidine rings is 1. The van der Waals surface area contributed by atoms with E-state index in [1.54, 1.807) is 4.90 Å². The molecule has 2 unspecified atom stereocenters. The number of rotatable bonds is 3. The van der Waals surface area contributed by atoms with Gasteiger partial charge in [-0.25, -0.2) is 0 Å². The minimum absolute atomic E-state index is 0.0338. The smallest absolute Gasteiger partial charge is 0.308 e. The number of nitrogens with zero attached hydrogens (tertiary/aromatic N) is 1. The minimum Gasteiger partial charge on any atom is -0.481 e. The van der Waals surface area contributed by atoms with Crippen molar-refractivity contribution in [3.63, 3.8) is 0 Å². The highest BCUT2D eigenvalue weighted by Crippen LogP contribution is 2.24. The molecule has 1 aliphatic carbocycles. The Bertz CT molecular complexity index is 280. The molecular weight excluding hydrogens is 208 g/mol. The zero-order valence-electron chi connectivity index (χ0n) is 9.48. The zero-order valence-corrected chi connectivity index (χ0v) is 9.48. The summed E-state index contributed by atoms with van der Waals surface area (Å²) in [6, 6.07) is 0.692. The van der Waals surface area contributed by atoms with Gasteiger partial charge in [0.1, 0.15) is 0 Å². The Morgan fingerprint density at radius 2 is 1.94 bits per heavy atom. The van der Waals surface area contributed by atoms with E-state index in [0.717, 1.165) is 0 Å². The first-order valence-electron chi connectivity index (χ1n) is 5.80. The molecule has 0 spiro atoms. The Morgan fingerprint density at radius 3 is 2.44 bits per heavy atom. The second kappa shape index (κ2) is 4.41. The monoisotopic (exact) mass is 226 g/mol. The first kappa shape index (κ1) is 11.4. The predicted molar refractivity (Wildman–Crippen MR) is 57.9 cm³/mol. The number of carbonyl (C=O) groups excluding carboxylic acids is 1. The molecule has 5 heteroatoms. The Balaban J connectivity index is 1.97. The van der Waals surface area contributed by atoms with Crippen LogP contribution in [0.5, 0.6) is 0 Å². The molecule has 1 amide bonds. The summed E-state index contributed by atoms with van der Waals surface area (Å²) in [6.07, 6.45) is 2.98. The van der Waals surface area contributed by atoms with Gasteiger partial charge in [0.2, 0.25) is 5.91 Å². The Labute approximate surface area is 94.8 Å². The summed E-state index contributed by atoms with van der Waals surface area (Å²) in [5.41, 5.74) is 0. The van der Waals surface area contributed by atoms with Gasteiger partial charge in [-0.3, -0.25) is 9.59 Å². The fourth-order valence-electron chi connectivity index (χ4n) is 2.24. The third-order valence-electron chi connectivity index (χ3n) is 3.29. The lowest BCUT2D eigenvalue weighted by Crippen LogP contribution is -2.52. The summed E-state index contributed by atoms with van der Waals surface area (Å²) in [7, 11) is 0. The lowest BCUT2D eigenvalue weighted by Gasteiger charge is -2.36. The largest absolute Gasteiger partial charge is 0.481 e. The molecule has 0 aromatic heterocycles. The SMILES string of the molecule is CC(=O)N1CC(NC2CC2)CC(C(=O)O)C1. The molecule has 1 saturated heterocycles. The lowest BCUT2D eigenvalue weighted by molar-refractivity contribution is -0.145. The third kappa shape index (κ3) is 2.72. The van der Waals surface area contributed by atoms with Gasteiger partial charge in [0, 0.05) is 32.1 Å². The van der Waals surface area contributed by atoms with Crippen molar-refractivity contribution in [3.8, 4) is 0 Å². The van der Waals surface area contributed by atoms with E-state index in [1.165, 1.54) is 19.8 Å². The van der Waals surface area contributed by atoms with Crippen molar-refractivity contribution < 1.29 is 14.7 Å². The van der Waals surface area contributed by atoms with E-state index in [9.17, 15) is 9.59 Å². The van der Waals surface area contributed by atoms with E-state index in [1.807, 2.05) is 0 Å². The molecule has 2 N–H and O–H groups in total. The molecule has 0 aromatic rings. The maximum absolute atomic E-state index is 11.3. The predicted octanol–water partition coefficient (Wildman–Crippen LogP) is 0.0600. The Morgan fingerprint density at radius 1 is 1.25 bits per heavy atom. The summed E-state index contributed by atoms with van der Waals surface area (Å²) in [5, 5.41) is 12.4. The number of amides is 1. The van der Waals surface area contributed by atoms with Gasteiger partial charge in [-0.2, -0.15) is 0 Å². The molecule has 2 atom stereocenters. The summed E-state index contributed by atoms with van der Waals surface area (Å²) in [4.78, 5) is 24.0. The molecule has 0 bridgehead atoms. The van der Waals surface area contributed by atoms with E-state index in [4.69, 9.17) is 5.11 Å². The summed E-state index contributed by atoms with van der Waals surface area (Å²) < 4.78 is 0. The number of hydrogen-bond donors (Lipinski definition) is 2. The maximum Gasteiger partial charge on any atom is 0.308 e. The topological polar surface area (TPSA) is 69.6 Å². The summed E-state index contributed by atoms with van der Waals surface area (Å²) in [5.74, 6) is -1.25. The van der Waals surface area contributed by atoms with Crippen molar-refractivity contribution in [3.05, 3.63) is 0 Å². The van der Waals surface area contributed by atoms with E-state index in [2.05, 4.69) is 5.32 Å². The summed E-state index contributed by atoms with van der Waals surface area (Å²) in [6.45, 7) is 2.50. The van der Waals surface area contributed by atoms with Crippen LogP contribution in [0.15, 0.2) is 0 Å². The van der Waals surface area contributed by atoms with Crippen molar-refractivity contribution in [1.82, 2.24) is 10.2 Å². The van der Waals surface area contributed by atoms with Crippen molar-refractivity contribution in [2.75, 3.05) is 13.1 Å². The van der Waals surface area contributed by atoms with Crippen molar-refractivity contribution >= 4 is 11.9 Å². The van der Waals surface area contributed by atoms with Crippen LogP contribution >= 0.6 is 0 Å². The van der Waals surface area contributed by atoms with Crippen LogP contribution in [0, 0.1) is 5.92 Å². The number of carboxylic acid groups (broad SMARTS) is 1. The molecular formula is C11H18N2O3. The van der Waals surface area contributed by atoms with Crippen LogP contribution in [0.1, 0.15) is 26.2 Å². The molecule has 90 valence electrons. The quantitative estimate of drug-likeness (QED) is 0.714. The van der Waals surface area contributed by atoms with E-state index >= 15 is 0 Å². The molecule has 2 aliphatic rings. The molecule has 16 heavy (non-hydrogen) atoms. The zero-order chi connectivity index (χ0) is 11.7. The van der Waals surface area contributed by atoms with Gasteiger partial charge in [-0.05, 0) is 19.3 Å². The number of carboxylic acids is 1. The Hall–Kier alpha value is -1.10. The van der Waals surface area contributed by atoms with Gasteiger partial charge in [0.25, 0.3) is 0 Å². The molecule has 1 heterocycles. The molecule has 0 radical (unpaired) electrons. The second-order valence-electron chi connectivity index (χ2n) is 4.83. The maximum atomic E-state index is 11.3. The van der Waals surface area contributed by atoms with Crippen LogP contribution in [0.25, 0.3) is 0 Å². The number of aliphatic carboxylic acids is 1. The average molecular weight is 226 g/mol. The van der Waals surface area contributed by atoms with Crippen molar-refractivity contribution in [2.24, 2.45) is 5.92 Å². The van der Waals surface area contributed by atoms with Gasteiger partial charge in [-0.1, -0.05) is 0 Å². The van der Waals surface area contributed by atoms with Crippen LogP contribution in [-0.4, -0.2) is 47.1 Å². The number of carbonyl (C=O) groups is 2. The van der Waals surface area contributed by atoms with E-state index < -0.39 is 11.9 Å². The van der Waals surface area contributed by atoms with Crippen LogP contribution < -0.4 is 5.32 Å². The summed E-state index contributed by atoms with van der Waals surface area (Å²) >= 11 is 0. The Kier molecular flexibility index (Phi) is 3.14. The molecule has 5 nitrogen and oxygen atoms in total. The fourth-order valence-corrected chi connectivity index (χ4v) is 2.24.